The average molecular weight is 354 g/mol. The van der Waals surface area contributed by atoms with Crippen molar-refractivity contribution in [1.29, 1.82) is 0 Å². The number of anilines is 1. The summed E-state index contributed by atoms with van der Waals surface area (Å²) in [5, 5.41) is 17.6. The van der Waals surface area contributed by atoms with Crippen molar-refractivity contribution >= 4 is 22.3 Å². The molecule has 2 bridgehead atoms. The van der Waals surface area contributed by atoms with Gasteiger partial charge in [0.25, 0.3) is 5.69 Å². The van der Waals surface area contributed by atoms with Gasteiger partial charge in [-0.25, -0.2) is 0 Å². The molecule has 6 rings (SSSR count). The summed E-state index contributed by atoms with van der Waals surface area (Å²) in [6, 6.07) is 3.48. The fourth-order valence-electron chi connectivity index (χ4n) is 5.50. The van der Waals surface area contributed by atoms with E-state index in [0.29, 0.717) is 5.92 Å². The number of aromatic nitrogens is 2. The van der Waals surface area contributed by atoms with Crippen LogP contribution in [0.1, 0.15) is 51.9 Å². The Labute approximate surface area is 153 Å². The van der Waals surface area contributed by atoms with E-state index in [4.69, 9.17) is 5.10 Å². The van der Waals surface area contributed by atoms with Crippen molar-refractivity contribution in [3.63, 3.8) is 0 Å². The number of hydrogen-bond acceptors (Lipinski definition) is 4. The van der Waals surface area contributed by atoms with Gasteiger partial charge in [0.15, 0.2) is 0 Å². The summed E-state index contributed by atoms with van der Waals surface area (Å²) in [6.45, 7) is 3.99. The Morgan fingerprint density at radius 1 is 1.19 bits per heavy atom. The van der Waals surface area contributed by atoms with Crippen molar-refractivity contribution in [1.82, 2.24) is 9.78 Å². The van der Waals surface area contributed by atoms with Gasteiger partial charge in [-0.15, -0.1) is 0 Å². The third kappa shape index (κ3) is 2.34. The van der Waals surface area contributed by atoms with E-state index in [0.717, 1.165) is 42.0 Å². The van der Waals surface area contributed by atoms with E-state index in [2.05, 4.69) is 22.7 Å². The lowest BCUT2D eigenvalue weighted by atomic mass is 9.66. The molecule has 26 heavy (non-hydrogen) atoms. The van der Waals surface area contributed by atoms with Crippen molar-refractivity contribution in [3.8, 4) is 0 Å². The Morgan fingerprint density at radius 2 is 1.92 bits per heavy atom. The summed E-state index contributed by atoms with van der Waals surface area (Å²) >= 11 is 0. The molecule has 4 aliphatic rings. The van der Waals surface area contributed by atoms with Gasteiger partial charge in [-0.2, -0.15) is 5.10 Å². The highest BCUT2D eigenvalue weighted by Crippen LogP contribution is 2.49. The highest BCUT2D eigenvalue weighted by molar-refractivity contribution is 5.97. The van der Waals surface area contributed by atoms with Crippen LogP contribution >= 0.6 is 0 Å². The van der Waals surface area contributed by atoms with Crippen LogP contribution in [0, 0.1) is 22.0 Å². The Balaban J connectivity index is 1.65. The molecule has 2 aromatic rings. The third-order valence-corrected chi connectivity index (χ3v) is 7.12. The molecule has 1 aromatic carbocycles. The first-order valence-electron chi connectivity index (χ1n) is 9.98. The molecule has 0 amide bonds. The van der Waals surface area contributed by atoms with Crippen LogP contribution < -0.4 is 4.90 Å². The molecule has 6 heteroatoms. The number of rotatable bonds is 3. The monoisotopic (exact) mass is 354 g/mol. The smallest absolute Gasteiger partial charge is 0.293 e. The number of nitrogens with zero attached hydrogens (tertiary/aromatic N) is 4. The van der Waals surface area contributed by atoms with E-state index in [1.54, 1.807) is 6.07 Å². The molecule has 1 saturated heterocycles. The van der Waals surface area contributed by atoms with Crippen LogP contribution in [0.25, 0.3) is 10.9 Å². The molecule has 0 spiro atoms. The molecular weight excluding hydrogens is 328 g/mol. The zero-order valence-corrected chi connectivity index (χ0v) is 15.4. The number of nitro groups is 1. The Bertz CT molecular complexity index is 852. The van der Waals surface area contributed by atoms with Gasteiger partial charge in [0.05, 0.1) is 21.4 Å². The molecule has 0 N–H and O–H groups in total. The highest BCUT2D eigenvalue weighted by Gasteiger charge is 2.42. The first-order valence-corrected chi connectivity index (χ1v) is 9.98. The van der Waals surface area contributed by atoms with Crippen molar-refractivity contribution in [2.75, 3.05) is 18.0 Å². The lowest BCUT2D eigenvalue weighted by Gasteiger charge is -2.46. The minimum absolute atomic E-state index is 0.137. The molecule has 6 nitrogen and oxygen atoms in total. The molecule has 0 radical (unpaired) electrons. The maximum atomic E-state index is 11.7. The van der Waals surface area contributed by atoms with Crippen LogP contribution in [-0.4, -0.2) is 27.8 Å². The summed E-state index contributed by atoms with van der Waals surface area (Å²) < 4.78 is 2.18. The molecule has 138 valence electrons. The highest BCUT2D eigenvalue weighted by atomic mass is 16.6. The topological polar surface area (TPSA) is 64.2 Å². The predicted octanol–water partition coefficient (Wildman–Crippen LogP) is 4.47. The van der Waals surface area contributed by atoms with Crippen LogP contribution in [0.4, 0.5) is 11.4 Å². The van der Waals surface area contributed by atoms with Crippen molar-refractivity contribution in [2.45, 2.75) is 57.4 Å². The van der Waals surface area contributed by atoms with E-state index >= 15 is 0 Å². The summed E-state index contributed by atoms with van der Waals surface area (Å²) in [6.07, 6.45) is 10.7. The third-order valence-electron chi connectivity index (χ3n) is 7.12. The maximum absolute atomic E-state index is 11.7. The second-order valence-electron chi connectivity index (χ2n) is 8.74. The zero-order chi connectivity index (χ0) is 17.9. The number of fused-ring (bicyclic) bond motifs is 4. The Hall–Kier alpha value is -2.11. The summed E-state index contributed by atoms with van der Waals surface area (Å²) in [7, 11) is 0. The van der Waals surface area contributed by atoms with Crippen molar-refractivity contribution in [2.24, 2.45) is 11.8 Å². The van der Waals surface area contributed by atoms with Gasteiger partial charge in [0.1, 0.15) is 5.69 Å². The van der Waals surface area contributed by atoms with Gasteiger partial charge in [-0.3, -0.25) is 14.8 Å². The SMILES string of the molecule is C[C@H]1CCN(c2c([N+](=O)[O-])ccc3nn(C45CCC(CC4)CC5)cc23)C1. The first-order chi connectivity index (χ1) is 12.6. The van der Waals surface area contributed by atoms with Crippen LogP contribution in [0.3, 0.4) is 0 Å². The van der Waals surface area contributed by atoms with Crippen molar-refractivity contribution in [3.05, 3.63) is 28.4 Å². The van der Waals surface area contributed by atoms with Crippen LogP contribution in [0.2, 0.25) is 0 Å². The fraction of sp³-hybridized carbons (Fsp3) is 0.650. The van der Waals surface area contributed by atoms with Crippen LogP contribution in [0.15, 0.2) is 18.3 Å². The van der Waals surface area contributed by atoms with Gasteiger partial charge >= 0.3 is 0 Å². The standard InChI is InChI=1S/C20H26N4O2/c1-14-7-11-22(12-14)19-16-13-23(20-8-4-15(5-9-20)6-10-20)21-17(16)2-3-18(19)24(25)26/h2-3,13-15H,4-12H2,1H3/t14-,15?,20?/m0/s1. The van der Waals surface area contributed by atoms with E-state index in [1.807, 2.05) is 6.07 Å². The minimum Gasteiger partial charge on any atom is -0.365 e. The minimum atomic E-state index is -0.237. The van der Waals surface area contributed by atoms with E-state index in [9.17, 15) is 10.1 Å². The van der Waals surface area contributed by atoms with Crippen LogP contribution in [0.5, 0.6) is 0 Å². The number of hydrogen-bond donors (Lipinski definition) is 0. The average Bonchev–Trinajstić information content (AvgIpc) is 3.28. The molecule has 2 heterocycles. The van der Waals surface area contributed by atoms with Crippen LogP contribution in [-0.2, 0) is 5.54 Å². The summed E-state index contributed by atoms with van der Waals surface area (Å²) in [5.41, 5.74) is 2.03. The van der Waals surface area contributed by atoms with Gasteiger partial charge in [0.2, 0.25) is 0 Å². The van der Waals surface area contributed by atoms with Gasteiger partial charge < -0.3 is 4.90 Å². The normalized spacial score (nSPS) is 31.0. The van der Waals surface area contributed by atoms with E-state index < -0.39 is 0 Å². The molecular formula is C20H26N4O2. The molecule has 1 aromatic heterocycles. The first kappa shape index (κ1) is 16.1. The molecule has 1 aliphatic heterocycles. The zero-order valence-electron chi connectivity index (χ0n) is 15.4. The summed E-state index contributed by atoms with van der Waals surface area (Å²) in [4.78, 5) is 13.7. The molecule has 4 fully saturated rings. The van der Waals surface area contributed by atoms with E-state index in [1.165, 1.54) is 38.5 Å². The molecule has 0 unspecified atom stereocenters. The fourth-order valence-corrected chi connectivity index (χ4v) is 5.50. The number of benzene rings is 1. The molecule has 3 saturated carbocycles. The Morgan fingerprint density at radius 3 is 2.54 bits per heavy atom. The van der Waals surface area contributed by atoms with Gasteiger partial charge in [-0.05, 0) is 62.8 Å². The second-order valence-corrected chi connectivity index (χ2v) is 8.74. The predicted molar refractivity (Wildman–Crippen MR) is 102 cm³/mol. The Kier molecular flexibility index (Phi) is 3.52. The lowest BCUT2D eigenvalue weighted by molar-refractivity contribution is -0.384. The number of nitro benzene ring substituents is 1. The maximum Gasteiger partial charge on any atom is 0.293 e. The lowest BCUT2D eigenvalue weighted by Crippen LogP contribution is -2.42. The second kappa shape index (κ2) is 5.69. The summed E-state index contributed by atoms with van der Waals surface area (Å²) in [5.74, 6) is 1.48. The van der Waals surface area contributed by atoms with Gasteiger partial charge in [-0.1, -0.05) is 6.92 Å². The van der Waals surface area contributed by atoms with E-state index in [-0.39, 0.29) is 16.1 Å². The largest absolute Gasteiger partial charge is 0.365 e. The van der Waals surface area contributed by atoms with Crippen molar-refractivity contribution < 1.29 is 4.92 Å². The van der Waals surface area contributed by atoms with Gasteiger partial charge in [0, 0.05) is 25.4 Å². The quantitative estimate of drug-likeness (QED) is 0.602. The molecule has 1 atom stereocenters. The molecule has 3 aliphatic carbocycles.